The lowest BCUT2D eigenvalue weighted by Gasteiger charge is -2.26. The van der Waals surface area contributed by atoms with E-state index < -0.39 is 30.0 Å². The molecular weight excluding hydrogens is 358 g/mol. The number of carbonyl (C=O) groups is 1. The van der Waals surface area contributed by atoms with Crippen LogP contribution in [0.4, 0.5) is 23.4 Å². The number of aromatic amines is 1. The quantitative estimate of drug-likeness (QED) is 0.694. The monoisotopic (exact) mass is 379 g/mol. The van der Waals surface area contributed by atoms with Gasteiger partial charge < -0.3 is 15.6 Å². The largest absolute Gasteiger partial charge is 0.405 e. The Morgan fingerprint density at radius 3 is 2.58 bits per heavy atom. The van der Waals surface area contributed by atoms with E-state index in [0.717, 1.165) is 6.20 Å². The number of amides is 1. The van der Waals surface area contributed by atoms with Gasteiger partial charge in [-0.25, -0.2) is 14.4 Å². The highest BCUT2D eigenvalue weighted by Crippen LogP contribution is 2.21. The summed E-state index contributed by atoms with van der Waals surface area (Å²) in [7, 11) is 0. The molecule has 2 aromatic heterocycles. The number of pyridine rings is 1. The molecule has 0 aliphatic carbocycles. The van der Waals surface area contributed by atoms with E-state index in [9.17, 15) is 27.2 Å². The standard InChI is InChI=1S/C15H15F4N5O2.3H2/c1-14(2,13(26)22-7-15(17,18)19)24-12-9(16)6-21-11(23-12)8-3-4-10(25)20-5-8;;;/h3-6H,7H2,1-2H3,(H,20,25)(H,22,26)(H,21,23,24);3*1H. The average molecular weight is 379 g/mol. The van der Waals surface area contributed by atoms with Crippen molar-refractivity contribution in [2.75, 3.05) is 11.9 Å². The van der Waals surface area contributed by atoms with Gasteiger partial charge in [-0.1, -0.05) is 0 Å². The maximum absolute atomic E-state index is 14.0. The Bertz CT molecular complexity index is 857. The Morgan fingerprint density at radius 1 is 1.31 bits per heavy atom. The first-order valence-electron chi connectivity index (χ1n) is 7.33. The van der Waals surface area contributed by atoms with Gasteiger partial charge in [0.25, 0.3) is 0 Å². The van der Waals surface area contributed by atoms with Gasteiger partial charge in [-0.05, 0) is 19.9 Å². The first-order valence-corrected chi connectivity index (χ1v) is 7.33. The molecule has 0 aliphatic heterocycles. The van der Waals surface area contributed by atoms with Crippen molar-refractivity contribution < 1.29 is 26.6 Å². The number of hydrogen-bond acceptors (Lipinski definition) is 5. The van der Waals surface area contributed by atoms with Crippen LogP contribution in [0.2, 0.25) is 0 Å². The third-order valence-electron chi connectivity index (χ3n) is 3.23. The van der Waals surface area contributed by atoms with Gasteiger partial charge in [0.05, 0.1) is 6.20 Å². The fourth-order valence-corrected chi connectivity index (χ4v) is 1.90. The van der Waals surface area contributed by atoms with Crippen molar-refractivity contribution >= 4 is 11.7 Å². The predicted molar refractivity (Wildman–Crippen MR) is 91.2 cm³/mol. The number of anilines is 1. The molecule has 0 aliphatic rings. The van der Waals surface area contributed by atoms with E-state index in [1.54, 1.807) is 5.32 Å². The SMILES string of the molecule is CC(C)(Nc1nc(-c2ccc(=O)[nH]c2)ncc1F)C(=O)NCC(F)(F)F.[HH].[HH].[HH]. The van der Waals surface area contributed by atoms with Gasteiger partial charge in [-0.3, -0.25) is 9.59 Å². The first-order chi connectivity index (χ1) is 12.0. The maximum Gasteiger partial charge on any atom is 0.405 e. The van der Waals surface area contributed by atoms with Crippen LogP contribution in [-0.4, -0.2) is 39.1 Å². The fraction of sp³-hybridized carbons (Fsp3) is 0.333. The second-order valence-electron chi connectivity index (χ2n) is 5.88. The summed E-state index contributed by atoms with van der Waals surface area (Å²) in [5.74, 6) is -2.20. The number of hydrogen-bond donors (Lipinski definition) is 3. The fourth-order valence-electron chi connectivity index (χ4n) is 1.90. The number of H-pyrrole nitrogens is 1. The molecule has 0 bridgehead atoms. The summed E-state index contributed by atoms with van der Waals surface area (Å²) in [6.07, 6.45) is -2.40. The van der Waals surface area contributed by atoms with Crippen molar-refractivity contribution in [2.45, 2.75) is 25.6 Å². The summed E-state index contributed by atoms with van der Waals surface area (Å²) in [4.78, 5) is 33.1. The summed E-state index contributed by atoms with van der Waals surface area (Å²) in [5.41, 5.74) is -1.55. The molecule has 146 valence electrons. The second-order valence-corrected chi connectivity index (χ2v) is 5.88. The van der Waals surface area contributed by atoms with Crippen molar-refractivity contribution in [2.24, 2.45) is 0 Å². The number of carbonyl (C=O) groups excluding carboxylic acids is 1. The molecule has 2 aromatic rings. The molecule has 2 heterocycles. The zero-order valence-corrected chi connectivity index (χ0v) is 13.7. The van der Waals surface area contributed by atoms with Crippen molar-refractivity contribution in [1.29, 1.82) is 0 Å². The molecule has 26 heavy (non-hydrogen) atoms. The minimum absolute atomic E-state index is 0. The number of nitrogens with one attached hydrogen (secondary N) is 3. The number of aromatic nitrogens is 3. The zero-order valence-electron chi connectivity index (χ0n) is 13.7. The van der Waals surface area contributed by atoms with E-state index in [0.29, 0.717) is 5.56 Å². The van der Waals surface area contributed by atoms with Gasteiger partial charge in [0.2, 0.25) is 11.5 Å². The smallest absolute Gasteiger partial charge is 0.354 e. The number of alkyl halides is 3. The van der Waals surface area contributed by atoms with E-state index in [2.05, 4.69) is 20.3 Å². The summed E-state index contributed by atoms with van der Waals surface area (Å²) >= 11 is 0. The molecule has 2 rings (SSSR count). The molecule has 0 aromatic carbocycles. The first kappa shape index (κ1) is 19.3. The second kappa shape index (κ2) is 7.10. The summed E-state index contributed by atoms with van der Waals surface area (Å²) in [6.45, 7) is 1.05. The van der Waals surface area contributed by atoms with Crippen LogP contribution in [0, 0.1) is 5.82 Å². The Hall–Kier alpha value is -2.98. The molecule has 0 unspecified atom stereocenters. The molecule has 0 saturated heterocycles. The normalized spacial score (nSPS) is 11.9. The Balaban J connectivity index is 0. The molecule has 0 radical (unpaired) electrons. The van der Waals surface area contributed by atoms with Crippen LogP contribution in [0.1, 0.15) is 18.1 Å². The lowest BCUT2D eigenvalue weighted by molar-refractivity contribution is -0.140. The third kappa shape index (κ3) is 5.01. The highest BCUT2D eigenvalue weighted by atomic mass is 19.4. The number of halogens is 4. The molecule has 7 nitrogen and oxygen atoms in total. The lowest BCUT2D eigenvalue weighted by atomic mass is 10.0. The predicted octanol–water partition coefficient (Wildman–Crippen LogP) is 2.58. The molecule has 0 fully saturated rings. The van der Waals surface area contributed by atoms with Gasteiger partial charge in [-0.2, -0.15) is 13.2 Å². The van der Waals surface area contributed by atoms with E-state index in [-0.39, 0.29) is 21.5 Å². The highest BCUT2D eigenvalue weighted by Gasteiger charge is 2.33. The minimum atomic E-state index is -4.57. The van der Waals surface area contributed by atoms with Crippen LogP contribution in [0.5, 0.6) is 0 Å². The Labute approximate surface area is 149 Å². The topological polar surface area (TPSA) is 99.8 Å². The molecule has 3 N–H and O–H groups in total. The lowest BCUT2D eigenvalue weighted by Crippen LogP contribution is -2.50. The molecule has 0 spiro atoms. The molecule has 0 saturated carbocycles. The van der Waals surface area contributed by atoms with Crippen LogP contribution >= 0.6 is 0 Å². The van der Waals surface area contributed by atoms with E-state index in [1.165, 1.54) is 32.2 Å². The van der Waals surface area contributed by atoms with Crippen LogP contribution in [0.15, 0.2) is 29.3 Å². The van der Waals surface area contributed by atoms with Gasteiger partial charge in [0.1, 0.15) is 12.1 Å². The Morgan fingerprint density at radius 2 is 2.00 bits per heavy atom. The van der Waals surface area contributed by atoms with Crippen molar-refractivity contribution in [1.82, 2.24) is 20.3 Å². The van der Waals surface area contributed by atoms with Crippen molar-refractivity contribution in [3.8, 4) is 11.4 Å². The van der Waals surface area contributed by atoms with Crippen molar-refractivity contribution in [3.63, 3.8) is 0 Å². The van der Waals surface area contributed by atoms with Crippen LogP contribution < -0.4 is 16.2 Å². The van der Waals surface area contributed by atoms with Gasteiger partial charge >= 0.3 is 6.18 Å². The minimum Gasteiger partial charge on any atom is -0.354 e. The van der Waals surface area contributed by atoms with E-state index in [4.69, 9.17) is 0 Å². The van der Waals surface area contributed by atoms with Gasteiger partial charge in [0, 0.05) is 22.1 Å². The number of rotatable bonds is 5. The highest BCUT2D eigenvalue weighted by molar-refractivity contribution is 5.88. The summed E-state index contributed by atoms with van der Waals surface area (Å²) in [5, 5.41) is 4.19. The average Bonchev–Trinajstić information content (AvgIpc) is 2.54. The molecular formula is C15H21F4N5O2. The van der Waals surface area contributed by atoms with Crippen LogP contribution in [-0.2, 0) is 4.79 Å². The summed E-state index contributed by atoms with van der Waals surface area (Å²) < 4.78 is 50.6. The number of nitrogens with zero attached hydrogens (tertiary/aromatic N) is 2. The molecule has 11 heteroatoms. The van der Waals surface area contributed by atoms with Crippen LogP contribution in [0.3, 0.4) is 0 Å². The Kier molecular flexibility index (Phi) is 5.28. The zero-order chi connectivity index (χ0) is 19.5. The van der Waals surface area contributed by atoms with Crippen molar-refractivity contribution in [3.05, 3.63) is 40.7 Å². The molecule has 0 atom stereocenters. The van der Waals surface area contributed by atoms with Crippen LogP contribution in [0.25, 0.3) is 11.4 Å². The third-order valence-corrected chi connectivity index (χ3v) is 3.23. The van der Waals surface area contributed by atoms with Gasteiger partial charge in [-0.15, -0.1) is 0 Å². The summed E-state index contributed by atoms with van der Waals surface area (Å²) in [6, 6.07) is 2.64. The van der Waals surface area contributed by atoms with E-state index in [1.807, 2.05) is 0 Å². The maximum atomic E-state index is 14.0. The van der Waals surface area contributed by atoms with Gasteiger partial charge in [0.15, 0.2) is 17.5 Å². The molecule has 1 amide bonds. The van der Waals surface area contributed by atoms with E-state index >= 15 is 0 Å².